The zero-order chi connectivity index (χ0) is 14.9. The van der Waals surface area contributed by atoms with Crippen molar-refractivity contribution < 1.29 is 14.3 Å². The normalized spacial score (nSPS) is 23.9. The molecular formula is C16H22N2O3. The second-order valence-corrected chi connectivity index (χ2v) is 5.76. The van der Waals surface area contributed by atoms with Crippen molar-refractivity contribution in [1.29, 1.82) is 0 Å². The van der Waals surface area contributed by atoms with Gasteiger partial charge in [0, 0.05) is 25.7 Å². The van der Waals surface area contributed by atoms with Crippen LogP contribution in [0.5, 0.6) is 5.75 Å². The Hall–Kier alpha value is -1.75. The van der Waals surface area contributed by atoms with Gasteiger partial charge in [-0.25, -0.2) is 4.79 Å². The summed E-state index contributed by atoms with van der Waals surface area (Å²) in [7, 11) is 1.66. The van der Waals surface area contributed by atoms with Crippen LogP contribution in [0.15, 0.2) is 24.3 Å². The topological polar surface area (TPSA) is 50.8 Å². The maximum atomic E-state index is 11.7. The van der Waals surface area contributed by atoms with Crippen LogP contribution in [0.2, 0.25) is 0 Å². The number of piperidine rings is 1. The number of amides is 2. The van der Waals surface area contributed by atoms with E-state index in [1.807, 2.05) is 29.2 Å². The molecule has 5 heteroatoms. The molecule has 2 aliphatic heterocycles. The number of hydrogen-bond donors (Lipinski definition) is 1. The largest absolute Gasteiger partial charge is 0.487 e. The Bertz CT molecular complexity index is 524. The third-order valence-electron chi connectivity index (χ3n) is 4.64. The fraction of sp³-hybridized carbons (Fsp3) is 0.562. The van der Waals surface area contributed by atoms with Gasteiger partial charge in [0.1, 0.15) is 17.5 Å². The van der Waals surface area contributed by atoms with Gasteiger partial charge in [-0.05, 0) is 25.8 Å². The first-order valence-electron chi connectivity index (χ1n) is 7.50. The minimum absolute atomic E-state index is 0.0182. The van der Waals surface area contributed by atoms with Crippen molar-refractivity contribution in [3.05, 3.63) is 29.8 Å². The maximum Gasteiger partial charge on any atom is 0.317 e. The summed E-state index contributed by atoms with van der Waals surface area (Å²) in [5.74, 6) is 0.913. The highest BCUT2D eigenvalue weighted by Gasteiger charge is 2.44. The Morgan fingerprint density at radius 2 is 2.05 bits per heavy atom. The van der Waals surface area contributed by atoms with E-state index in [1.54, 1.807) is 7.05 Å². The third kappa shape index (κ3) is 2.58. The molecule has 1 N–H and O–H groups in total. The number of benzene rings is 1. The monoisotopic (exact) mass is 290 g/mol. The summed E-state index contributed by atoms with van der Waals surface area (Å²) < 4.78 is 12.4. The predicted molar refractivity (Wildman–Crippen MR) is 79.3 cm³/mol. The maximum absolute atomic E-state index is 11.7. The van der Waals surface area contributed by atoms with Gasteiger partial charge in [-0.1, -0.05) is 18.2 Å². The second kappa shape index (κ2) is 5.56. The quantitative estimate of drug-likeness (QED) is 0.796. The summed E-state index contributed by atoms with van der Waals surface area (Å²) in [6, 6.07) is 8.00. The number of hydrogen-bond acceptors (Lipinski definition) is 3. The molecular weight excluding hydrogens is 268 g/mol. The summed E-state index contributed by atoms with van der Waals surface area (Å²) in [6.07, 6.45) is 1.58. The van der Waals surface area contributed by atoms with E-state index in [0.29, 0.717) is 19.7 Å². The Morgan fingerprint density at radius 3 is 2.76 bits per heavy atom. The first kappa shape index (κ1) is 14.2. The number of nitrogens with one attached hydrogen (secondary N) is 1. The summed E-state index contributed by atoms with van der Waals surface area (Å²) in [6.45, 7) is 4.03. The van der Waals surface area contributed by atoms with Crippen molar-refractivity contribution in [3.63, 3.8) is 0 Å². The van der Waals surface area contributed by atoms with Crippen LogP contribution in [0.4, 0.5) is 4.79 Å². The third-order valence-corrected chi connectivity index (χ3v) is 4.64. The summed E-state index contributed by atoms with van der Waals surface area (Å²) in [5, 5.41) is 2.68. The minimum atomic E-state index is -0.302. The molecule has 2 heterocycles. The van der Waals surface area contributed by atoms with Crippen molar-refractivity contribution in [3.8, 4) is 5.75 Å². The van der Waals surface area contributed by atoms with Crippen molar-refractivity contribution in [2.45, 2.75) is 38.1 Å². The van der Waals surface area contributed by atoms with Gasteiger partial charge >= 0.3 is 6.03 Å². The number of ether oxygens (including phenoxy) is 2. The molecule has 114 valence electrons. The number of urea groups is 1. The standard InChI is InChI=1S/C16H22N2O3/c1-12-16(7-9-18(10-8-16)15(19)17-2)20-11-13-5-3-4-6-14(13)21-12/h3-6,12H,7-11H2,1-2H3,(H,17,19). The molecule has 0 radical (unpaired) electrons. The highest BCUT2D eigenvalue weighted by molar-refractivity contribution is 5.73. The molecule has 2 aliphatic rings. The van der Waals surface area contributed by atoms with E-state index in [0.717, 1.165) is 24.2 Å². The van der Waals surface area contributed by atoms with E-state index in [-0.39, 0.29) is 17.7 Å². The van der Waals surface area contributed by atoms with Crippen molar-refractivity contribution in [1.82, 2.24) is 10.2 Å². The minimum Gasteiger partial charge on any atom is -0.487 e. The van der Waals surface area contributed by atoms with E-state index in [2.05, 4.69) is 12.2 Å². The van der Waals surface area contributed by atoms with E-state index in [4.69, 9.17) is 9.47 Å². The number of rotatable bonds is 0. The number of nitrogens with zero attached hydrogens (tertiary/aromatic N) is 1. The van der Waals surface area contributed by atoms with Crippen LogP contribution in [-0.2, 0) is 11.3 Å². The molecule has 1 saturated heterocycles. The number of carbonyl (C=O) groups is 1. The SMILES string of the molecule is CNC(=O)N1CCC2(CC1)OCc1ccccc1OC2C. The van der Waals surface area contributed by atoms with Crippen molar-refractivity contribution >= 4 is 6.03 Å². The van der Waals surface area contributed by atoms with E-state index in [9.17, 15) is 4.79 Å². The van der Waals surface area contributed by atoms with Gasteiger partial charge in [0.05, 0.1) is 6.61 Å². The van der Waals surface area contributed by atoms with Crippen LogP contribution in [0.25, 0.3) is 0 Å². The second-order valence-electron chi connectivity index (χ2n) is 5.76. The molecule has 5 nitrogen and oxygen atoms in total. The summed E-state index contributed by atoms with van der Waals surface area (Å²) in [5.41, 5.74) is 0.791. The van der Waals surface area contributed by atoms with Crippen LogP contribution >= 0.6 is 0 Å². The van der Waals surface area contributed by atoms with Crippen LogP contribution in [0.3, 0.4) is 0 Å². The van der Waals surface area contributed by atoms with E-state index in [1.165, 1.54) is 0 Å². The van der Waals surface area contributed by atoms with Crippen LogP contribution in [0.1, 0.15) is 25.3 Å². The number of carbonyl (C=O) groups excluding carboxylic acids is 1. The molecule has 3 rings (SSSR count). The van der Waals surface area contributed by atoms with Gasteiger partial charge in [-0.3, -0.25) is 0 Å². The molecule has 21 heavy (non-hydrogen) atoms. The highest BCUT2D eigenvalue weighted by atomic mass is 16.6. The molecule has 0 bridgehead atoms. The number of para-hydroxylation sites is 1. The molecule has 1 aromatic rings. The molecule has 1 aromatic carbocycles. The lowest BCUT2D eigenvalue weighted by atomic mass is 9.86. The van der Waals surface area contributed by atoms with Crippen LogP contribution < -0.4 is 10.1 Å². The molecule has 1 atom stereocenters. The molecule has 0 aliphatic carbocycles. The first-order chi connectivity index (χ1) is 10.1. The fourth-order valence-electron chi connectivity index (χ4n) is 3.17. The average molecular weight is 290 g/mol. The molecule has 1 unspecified atom stereocenters. The van der Waals surface area contributed by atoms with Gasteiger partial charge in [-0.15, -0.1) is 0 Å². The predicted octanol–water partition coefficient (Wildman–Crippen LogP) is 2.16. The number of fused-ring (bicyclic) bond motifs is 1. The zero-order valence-electron chi connectivity index (χ0n) is 12.6. The molecule has 1 spiro atoms. The van der Waals surface area contributed by atoms with E-state index < -0.39 is 0 Å². The number of likely N-dealkylation sites (tertiary alicyclic amines) is 1. The van der Waals surface area contributed by atoms with Gasteiger partial charge in [0.2, 0.25) is 0 Å². The van der Waals surface area contributed by atoms with Crippen LogP contribution in [-0.4, -0.2) is 42.8 Å². The van der Waals surface area contributed by atoms with Gasteiger partial charge in [-0.2, -0.15) is 0 Å². The fourth-order valence-corrected chi connectivity index (χ4v) is 3.17. The van der Waals surface area contributed by atoms with Crippen molar-refractivity contribution in [2.24, 2.45) is 0 Å². The summed E-state index contributed by atoms with van der Waals surface area (Å²) >= 11 is 0. The lowest BCUT2D eigenvalue weighted by Gasteiger charge is -2.43. The lowest BCUT2D eigenvalue weighted by molar-refractivity contribution is -0.131. The molecule has 2 amide bonds. The summed E-state index contributed by atoms with van der Waals surface area (Å²) in [4.78, 5) is 13.5. The Morgan fingerprint density at radius 1 is 1.33 bits per heavy atom. The Balaban J connectivity index is 1.74. The molecule has 1 fully saturated rings. The smallest absolute Gasteiger partial charge is 0.317 e. The average Bonchev–Trinajstić information content (AvgIpc) is 2.66. The van der Waals surface area contributed by atoms with Gasteiger partial charge in [0.15, 0.2) is 0 Å². The van der Waals surface area contributed by atoms with Crippen molar-refractivity contribution in [2.75, 3.05) is 20.1 Å². The zero-order valence-corrected chi connectivity index (χ0v) is 12.6. The van der Waals surface area contributed by atoms with Gasteiger partial charge in [0.25, 0.3) is 0 Å². The Kier molecular flexibility index (Phi) is 3.76. The van der Waals surface area contributed by atoms with Crippen LogP contribution in [0, 0.1) is 0 Å². The van der Waals surface area contributed by atoms with Gasteiger partial charge < -0.3 is 19.7 Å². The Labute approximate surface area is 125 Å². The molecule has 0 aromatic heterocycles. The highest BCUT2D eigenvalue weighted by Crippen LogP contribution is 2.37. The molecule has 0 saturated carbocycles. The first-order valence-corrected chi connectivity index (χ1v) is 7.50. The lowest BCUT2D eigenvalue weighted by Crippen LogP contribution is -2.55. The van der Waals surface area contributed by atoms with E-state index >= 15 is 0 Å².